The van der Waals surface area contributed by atoms with Crippen molar-refractivity contribution in [2.45, 2.75) is 0 Å². The van der Waals surface area contributed by atoms with Gasteiger partial charge in [-0.25, -0.2) is 0 Å². The van der Waals surface area contributed by atoms with Crippen LogP contribution in [-0.4, -0.2) is 0 Å². The monoisotopic (exact) mass is 213 g/mol. The predicted molar refractivity (Wildman–Crippen MR) is 22.0 cm³/mol. The van der Waals surface area contributed by atoms with E-state index >= 15 is 0 Å². The molecule has 0 amide bonds. The molecule has 0 aromatic rings. The molecular formula is HBrCl2Cu. The van der Waals surface area contributed by atoms with Crippen LogP contribution >= 0.6 is 37.2 Å². The van der Waals surface area contributed by atoms with Gasteiger partial charge in [0.25, 0.3) is 0 Å². The first-order chi connectivity index (χ1) is 1.41. The van der Waals surface area contributed by atoms with E-state index in [1.165, 1.54) is 0 Å². The van der Waals surface area contributed by atoms with Crippen molar-refractivity contribution in [1.82, 2.24) is 0 Å². The van der Waals surface area contributed by atoms with Crippen molar-refractivity contribution in [2.75, 3.05) is 0 Å². The Hall–Kier alpha value is 1.58. The van der Waals surface area contributed by atoms with Gasteiger partial charge < -0.3 is 0 Å². The van der Waals surface area contributed by atoms with Crippen LogP contribution in [0, 0.1) is 0 Å². The Balaban J connectivity index is 0. The van der Waals surface area contributed by atoms with Gasteiger partial charge in [0.05, 0.1) is 0 Å². The van der Waals surface area contributed by atoms with Crippen LogP contribution in [0.5, 0.6) is 0 Å². The van der Waals surface area contributed by atoms with Crippen molar-refractivity contribution in [3.8, 4) is 0 Å². The minimum atomic E-state index is 0. The second kappa shape index (κ2) is 8.82. The summed E-state index contributed by atoms with van der Waals surface area (Å²) in [4.78, 5) is 0. The van der Waals surface area contributed by atoms with Crippen LogP contribution in [0.15, 0.2) is 0 Å². The molecule has 0 spiro atoms. The Morgan fingerprint density at radius 3 is 1.25 bits per heavy atom. The van der Waals surface area contributed by atoms with E-state index in [0.717, 1.165) is 13.1 Å². The van der Waals surface area contributed by atoms with E-state index in [9.17, 15) is 0 Å². The van der Waals surface area contributed by atoms with Crippen LogP contribution in [0.1, 0.15) is 0 Å². The molecule has 0 N–H and O–H groups in total. The van der Waals surface area contributed by atoms with Crippen LogP contribution in [-0.2, 0) is 13.1 Å². The summed E-state index contributed by atoms with van der Waals surface area (Å²) in [7, 11) is 9.34. The van der Waals surface area contributed by atoms with Crippen molar-refractivity contribution >= 4 is 37.2 Å². The van der Waals surface area contributed by atoms with Gasteiger partial charge >= 0.3 is 33.3 Å². The quantitative estimate of drug-likeness (QED) is 0.542. The van der Waals surface area contributed by atoms with Crippen LogP contribution in [0.25, 0.3) is 0 Å². The second-order valence-electron chi connectivity index (χ2n) is 0.0431. The summed E-state index contributed by atoms with van der Waals surface area (Å²) in [5.41, 5.74) is 0. The Morgan fingerprint density at radius 2 is 1.25 bits per heavy atom. The molecule has 0 rings (SSSR count). The summed E-state index contributed by atoms with van der Waals surface area (Å²) in [6.07, 6.45) is 0. The number of halogens is 3. The third-order valence-corrected chi connectivity index (χ3v) is 0. The summed E-state index contributed by atoms with van der Waals surface area (Å²) >= 11 is 0.757. The van der Waals surface area contributed by atoms with E-state index in [2.05, 4.69) is 20.2 Å². The molecule has 0 radical (unpaired) electrons. The molecular weight excluding hydrogens is 214 g/mol. The first-order valence-electron chi connectivity index (χ1n) is 0.228. The van der Waals surface area contributed by atoms with Crippen molar-refractivity contribution < 1.29 is 13.1 Å². The van der Waals surface area contributed by atoms with E-state index in [1.54, 1.807) is 0 Å². The van der Waals surface area contributed by atoms with Crippen molar-refractivity contribution in [1.29, 1.82) is 0 Å². The maximum absolute atomic E-state index is 4.67. The number of hydrogen-bond donors (Lipinski definition) is 0. The normalized spacial score (nSPS) is 5.50. The van der Waals surface area contributed by atoms with Gasteiger partial charge in [-0.2, -0.15) is 0 Å². The van der Waals surface area contributed by atoms with Crippen LogP contribution in [0.3, 0.4) is 0 Å². The van der Waals surface area contributed by atoms with Crippen LogP contribution < -0.4 is 0 Å². The van der Waals surface area contributed by atoms with Crippen molar-refractivity contribution in [3.63, 3.8) is 0 Å². The average Bonchev–Trinajstić information content (AvgIpc) is 0.918. The third-order valence-electron chi connectivity index (χ3n) is 0. The molecule has 0 aromatic heterocycles. The maximum atomic E-state index is 4.67. The summed E-state index contributed by atoms with van der Waals surface area (Å²) in [5, 5.41) is 0. The third kappa shape index (κ3) is 9.55. The van der Waals surface area contributed by atoms with Crippen molar-refractivity contribution in [2.24, 2.45) is 0 Å². The summed E-state index contributed by atoms with van der Waals surface area (Å²) in [6, 6.07) is 0. The molecule has 0 heterocycles. The SMILES string of the molecule is Br.[Cl][Cu][Cl]. The summed E-state index contributed by atoms with van der Waals surface area (Å²) < 4.78 is 0. The molecule has 33 valence electrons. The van der Waals surface area contributed by atoms with E-state index in [-0.39, 0.29) is 17.0 Å². The topological polar surface area (TPSA) is 0 Å². The van der Waals surface area contributed by atoms with Gasteiger partial charge in [-0.15, -0.1) is 17.0 Å². The molecule has 0 bridgehead atoms. The molecule has 0 saturated heterocycles. The van der Waals surface area contributed by atoms with Crippen molar-refractivity contribution in [3.05, 3.63) is 0 Å². The van der Waals surface area contributed by atoms with Gasteiger partial charge in [-0.1, -0.05) is 0 Å². The van der Waals surface area contributed by atoms with Gasteiger partial charge in [0, 0.05) is 0 Å². The Labute approximate surface area is 50.2 Å². The van der Waals surface area contributed by atoms with Gasteiger partial charge in [-0.05, 0) is 0 Å². The van der Waals surface area contributed by atoms with Gasteiger partial charge in [0.1, 0.15) is 0 Å². The van der Waals surface area contributed by atoms with Crippen LogP contribution in [0.2, 0.25) is 0 Å². The zero-order valence-electron chi connectivity index (χ0n) is 1.47. The molecule has 0 aliphatic heterocycles. The molecule has 0 fully saturated rings. The first kappa shape index (κ1) is 9.13. The van der Waals surface area contributed by atoms with Crippen LogP contribution in [0.4, 0.5) is 0 Å². The summed E-state index contributed by atoms with van der Waals surface area (Å²) in [6.45, 7) is 0. The summed E-state index contributed by atoms with van der Waals surface area (Å²) in [5.74, 6) is 0. The fourth-order valence-corrected chi connectivity index (χ4v) is 0. The fourth-order valence-electron chi connectivity index (χ4n) is 0. The van der Waals surface area contributed by atoms with Gasteiger partial charge in [0.15, 0.2) is 0 Å². The van der Waals surface area contributed by atoms with Gasteiger partial charge in [-0.3, -0.25) is 0 Å². The van der Waals surface area contributed by atoms with Gasteiger partial charge in [0.2, 0.25) is 0 Å². The first-order valence-corrected chi connectivity index (χ1v) is 2.82. The molecule has 0 unspecified atom stereocenters. The Kier molecular flexibility index (Phi) is 20.1. The number of hydrogen-bond acceptors (Lipinski definition) is 0. The molecule has 4 heteroatoms. The number of rotatable bonds is 0. The standard InChI is InChI=1S/BrH.2ClH.Cu/h3*1H;/q;;;+2/p-2. The van der Waals surface area contributed by atoms with E-state index in [1.807, 2.05) is 0 Å². The Morgan fingerprint density at radius 1 is 1.25 bits per heavy atom. The fraction of sp³-hybridized carbons (Fsp3) is 0. The molecule has 4 heavy (non-hydrogen) atoms. The van der Waals surface area contributed by atoms with E-state index < -0.39 is 0 Å². The minimum absolute atomic E-state index is 0. The predicted octanol–water partition coefficient (Wildman–Crippen LogP) is 1.95. The molecule has 0 aromatic carbocycles. The van der Waals surface area contributed by atoms with E-state index in [0.29, 0.717) is 0 Å². The molecule has 0 saturated carbocycles. The Bertz CT molecular complexity index is 6.00. The zero-order chi connectivity index (χ0) is 2.71. The van der Waals surface area contributed by atoms with E-state index in [4.69, 9.17) is 0 Å². The molecule has 0 aliphatic rings. The second-order valence-corrected chi connectivity index (χ2v) is 1.60. The molecule has 0 atom stereocenters. The molecule has 0 aliphatic carbocycles. The average molecular weight is 215 g/mol. The molecule has 0 nitrogen and oxygen atoms in total. The zero-order valence-corrected chi connectivity index (χ0v) is 5.63.